The van der Waals surface area contributed by atoms with Crippen LogP contribution in [0.15, 0.2) is 29.1 Å². The second-order valence-corrected chi connectivity index (χ2v) is 5.83. The Bertz CT molecular complexity index is 872. The zero-order valence-electron chi connectivity index (χ0n) is 14.8. The van der Waals surface area contributed by atoms with E-state index in [1.165, 1.54) is 11.6 Å². The van der Waals surface area contributed by atoms with E-state index in [-0.39, 0.29) is 18.1 Å². The minimum Gasteiger partial charge on any atom is -0.501 e. The SMILES string of the molecule is CCOC(=O)c1nc(-c2ccccc2N2CCOCC2)n(C)c(=O)c1O. The van der Waals surface area contributed by atoms with Gasteiger partial charge in [-0.15, -0.1) is 0 Å². The van der Waals surface area contributed by atoms with Crippen molar-refractivity contribution in [3.8, 4) is 17.1 Å². The molecule has 1 N–H and O–H groups in total. The van der Waals surface area contributed by atoms with E-state index < -0.39 is 17.3 Å². The average molecular weight is 359 g/mol. The molecule has 0 unspecified atom stereocenters. The van der Waals surface area contributed by atoms with Crippen molar-refractivity contribution >= 4 is 11.7 Å². The number of nitrogens with zero attached hydrogens (tertiary/aromatic N) is 3. The van der Waals surface area contributed by atoms with Crippen molar-refractivity contribution in [3.63, 3.8) is 0 Å². The number of morpholine rings is 1. The molecule has 8 nitrogen and oxygen atoms in total. The molecule has 1 saturated heterocycles. The number of esters is 1. The third-order valence-corrected chi connectivity index (χ3v) is 4.23. The largest absolute Gasteiger partial charge is 0.501 e. The number of para-hydroxylation sites is 1. The molecular formula is C18H21N3O5. The minimum atomic E-state index is -0.826. The first kappa shape index (κ1) is 17.9. The average Bonchev–Trinajstić information content (AvgIpc) is 2.67. The molecule has 1 aliphatic heterocycles. The maximum absolute atomic E-state index is 12.4. The number of anilines is 1. The third kappa shape index (κ3) is 3.28. The van der Waals surface area contributed by atoms with Crippen LogP contribution in [0.25, 0.3) is 11.4 Å². The Labute approximate surface area is 150 Å². The maximum atomic E-state index is 12.4. The molecule has 0 radical (unpaired) electrons. The number of carbonyl (C=O) groups excluding carboxylic acids is 1. The normalized spacial score (nSPS) is 14.3. The number of aromatic hydroxyl groups is 1. The van der Waals surface area contributed by atoms with Gasteiger partial charge in [0.15, 0.2) is 5.69 Å². The van der Waals surface area contributed by atoms with Crippen LogP contribution in [0.1, 0.15) is 17.4 Å². The highest BCUT2D eigenvalue weighted by atomic mass is 16.5. The molecule has 1 aliphatic rings. The van der Waals surface area contributed by atoms with Gasteiger partial charge in [0.2, 0.25) is 5.75 Å². The Morgan fingerprint density at radius 2 is 2.00 bits per heavy atom. The Kier molecular flexibility index (Phi) is 5.22. The molecule has 0 amide bonds. The molecule has 8 heteroatoms. The lowest BCUT2D eigenvalue weighted by atomic mass is 10.1. The number of carbonyl (C=O) groups is 1. The highest BCUT2D eigenvalue weighted by molar-refractivity contribution is 5.91. The monoisotopic (exact) mass is 359 g/mol. The van der Waals surface area contributed by atoms with Crippen molar-refractivity contribution in [2.75, 3.05) is 37.8 Å². The van der Waals surface area contributed by atoms with Crippen LogP contribution in [-0.4, -0.2) is 53.5 Å². The van der Waals surface area contributed by atoms with Crippen LogP contribution in [0.2, 0.25) is 0 Å². The van der Waals surface area contributed by atoms with Gasteiger partial charge in [-0.05, 0) is 19.1 Å². The Morgan fingerprint density at radius 3 is 2.69 bits per heavy atom. The topological polar surface area (TPSA) is 93.9 Å². The van der Waals surface area contributed by atoms with Crippen molar-refractivity contribution in [1.82, 2.24) is 9.55 Å². The van der Waals surface area contributed by atoms with Gasteiger partial charge >= 0.3 is 5.97 Å². The van der Waals surface area contributed by atoms with E-state index >= 15 is 0 Å². The summed E-state index contributed by atoms with van der Waals surface area (Å²) >= 11 is 0. The van der Waals surface area contributed by atoms with Crippen LogP contribution >= 0.6 is 0 Å². The molecular weight excluding hydrogens is 338 g/mol. The second-order valence-electron chi connectivity index (χ2n) is 5.83. The molecule has 138 valence electrons. The molecule has 0 aliphatic carbocycles. The van der Waals surface area contributed by atoms with Gasteiger partial charge in [0.05, 0.1) is 19.8 Å². The van der Waals surface area contributed by atoms with Crippen LogP contribution in [0.4, 0.5) is 5.69 Å². The maximum Gasteiger partial charge on any atom is 0.361 e. The van der Waals surface area contributed by atoms with Crippen LogP contribution < -0.4 is 10.5 Å². The fourth-order valence-electron chi connectivity index (χ4n) is 2.92. The molecule has 0 bridgehead atoms. The predicted octanol–water partition coefficient (Wildman–Crippen LogP) is 1.17. The molecule has 2 aromatic rings. The highest BCUT2D eigenvalue weighted by Gasteiger charge is 2.24. The zero-order chi connectivity index (χ0) is 18.7. The summed E-state index contributed by atoms with van der Waals surface area (Å²) in [6, 6.07) is 7.50. The summed E-state index contributed by atoms with van der Waals surface area (Å²) in [5, 5.41) is 10.0. The van der Waals surface area contributed by atoms with Gasteiger partial charge in [0.1, 0.15) is 5.82 Å². The summed E-state index contributed by atoms with van der Waals surface area (Å²) in [5.41, 5.74) is 0.509. The van der Waals surface area contributed by atoms with E-state index in [9.17, 15) is 14.7 Å². The van der Waals surface area contributed by atoms with Crippen LogP contribution in [0.5, 0.6) is 5.75 Å². The van der Waals surface area contributed by atoms with Gasteiger partial charge in [0, 0.05) is 31.4 Å². The Hall–Kier alpha value is -2.87. The van der Waals surface area contributed by atoms with Gasteiger partial charge in [-0.25, -0.2) is 9.78 Å². The lowest BCUT2D eigenvalue weighted by Gasteiger charge is -2.30. The molecule has 1 fully saturated rings. The van der Waals surface area contributed by atoms with E-state index in [4.69, 9.17) is 9.47 Å². The van der Waals surface area contributed by atoms with Crippen molar-refractivity contribution in [1.29, 1.82) is 0 Å². The van der Waals surface area contributed by atoms with E-state index in [0.717, 1.165) is 5.69 Å². The molecule has 0 spiro atoms. The molecule has 2 heterocycles. The summed E-state index contributed by atoms with van der Waals surface area (Å²) in [6.07, 6.45) is 0. The standard InChI is InChI=1S/C18H21N3O5/c1-3-26-18(24)14-15(22)17(23)20(2)16(19-14)12-6-4-5-7-13(12)21-8-10-25-11-9-21/h4-7,22H,3,8-11H2,1-2H3. The molecule has 1 aromatic heterocycles. The first-order valence-electron chi connectivity index (χ1n) is 8.43. The van der Waals surface area contributed by atoms with Crippen molar-refractivity contribution in [3.05, 3.63) is 40.3 Å². The predicted molar refractivity (Wildman–Crippen MR) is 95.6 cm³/mol. The quantitative estimate of drug-likeness (QED) is 0.819. The summed E-state index contributed by atoms with van der Waals surface area (Å²) in [5.74, 6) is -1.25. The summed E-state index contributed by atoms with van der Waals surface area (Å²) in [7, 11) is 1.51. The van der Waals surface area contributed by atoms with Crippen molar-refractivity contribution in [2.45, 2.75) is 6.92 Å². The second kappa shape index (κ2) is 7.57. The van der Waals surface area contributed by atoms with Crippen LogP contribution in [0.3, 0.4) is 0 Å². The molecule has 26 heavy (non-hydrogen) atoms. The van der Waals surface area contributed by atoms with Gasteiger partial charge in [-0.3, -0.25) is 9.36 Å². The number of ether oxygens (including phenoxy) is 2. The van der Waals surface area contributed by atoms with Gasteiger partial charge in [0.25, 0.3) is 5.56 Å². The fraction of sp³-hybridized carbons (Fsp3) is 0.389. The van der Waals surface area contributed by atoms with E-state index in [2.05, 4.69) is 9.88 Å². The van der Waals surface area contributed by atoms with Gasteiger partial charge < -0.3 is 19.5 Å². The molecule has 3 rings (SSSR count). The smallest absolute Gasteiger partial charge is 0.361 e. The van der Waals surface area contributed by atoms with Gasteiger partial charge in [-0.1, -0.05) is 12.1 Å². The lowest BCUT2D eigenvalue weighted by Crippen LogP contribution is -2.36. The molecule has 0 saturated carbocycles. The highest BCUT2D eigenvalue weighted by Crippen LogP contribution is 2.30. The van der Waals surface area contributed by atoms with Gasteiger partial charge in [-0.2, -0.15) is 0 Å². The van der Waals surface area contributed by atoms with Crippen molar-refractivity contribution < 1.29 is 19.4 Å². The summed E-state index contributed by atoms with van der Waals surface area (Å²) in [6.45, 7) is 4.43. The zero-order valence-corrected chi connectivity index (χ0v) is 14.8. The van der Waals surface area contributed by atoms with E-state index in [0.29, 0.717) is 31.9 Å². The van der Waals surface area contributed by atoms with Crippen LogP contribution in [-0.2, 0) is 16.5 Å². The molecule has 0 atom stereocenters. The minimum absolute atomic E-state index is 0.120. The van der Waals surface area contributed by atoms with Crippen LogP contribution in [0, 0.1) is 0 Å². The Balaban J connectivity index is 2.15. The number of aromatic nitrogens is 2. The third-order valence-electron chi connectivity index (χ3n) is 4.23. The Morgan fingerprint density at radius 1 is 1.31 bits per heavy atom. The molecule has 1 aromatic carbocycles. The number of hydrogen-bond donors (Lipinski definition) is 1. The summed E-state index contributed by atoms with van der Waals surface area (Å²) < 4.78 is 11.5. The van der Waals surface area contributed by atoms with Crippen molar-refractivity contribution in [2.24, 2.45) is 7.05 Å². The van der Waals surface area contributed by atoms with E-state index in [1.807, 2.05) is 24.3 Å². The number of benzene rings is 1. The van der Waals surface area contributed by atoms with E-state index in [1.54, 1.807) is 6.92 Å². The first-order chi connectivity index (χ1) is 12.5. The number of hydrogen-bond acceptors (Lipinski definition) is 7. The number of rotatable bonds is 4. The fourth-order valence-corrected chi connectivity index (χ4v) is 2.92. The lowest BCUT2D eigenvalue weighted by molar-refractivity contribution is 0.0515. The summed E-state index contributed by atoms with van der Waals surface area (Å²) in [4.78, 5) is 30.9. The first-order valence-corrected chi connectivity index (χ1v) is 8.43.